The number of non-ortho nitro benzene ring substituents is 1. The van der Waals surface area contributed by atoms with Crippen molar-refractivity contribution in [3.8, 4) is 0 Å². The van der Waals surface area contributed by atoms with E-state index in [0.29, 0.717) is 6.54 Å². The van der Waals surface area contributed by atoms with Crippen LogP contribution in [0.4, 0.5) is 5.69 Å². The lowest BCUT2D eigenvalue weighted by atomic mass is 10.1. The molecule has 5 nitrogen and oxygen atoms in total. The zero-order valence-corrected chi connectivity index (χ0v) is 10.7. The molecule has 0 spiro atoms. The summed E-state index contributed by atoms with van der Waals surface area (Å²) in [6.07, 6.45) is 0. The summed E-state index contributed by atoms with van der Waals surface area (Å²) in [4.78, 5) is 10.0. The van der Waals surface area contributed by atoms with Gasteiger partial charge in [-0.25, -0.2) is 0 Å². The first-order valence-electron chi connectivity index (χ1n) is 5.04. The monoisotopic (exact) mass is 260 g/mol. The molecule has 0 aromatic heterocycles. The standard InChI is InChI=1S/C11H16N2O3.ClH/c1-11(2,8-14)12-7-9-3-5-10(6-4-9)13(15)16;/h3-6,12,14H,7-8H2,1-2H3;1H. The quantitative estimate of drug-likeness (QED) is 0.626. The molecule has 17 heavy (non-hydrogen) atoms. The summed E-state index contributed by atoms with van der Waals surface area (Å²) in [7, 11) is 0. The van der Waals surface area contributed by atoms with Crippen LogP contribution in [0.2, 0.25) is 0 Å². The molecule has 0 atom stereocenters. The highest BCUT2D eigenvalue weighted by Crippen LogP contribution is 2.12. The number of aliphatic hydroxyl groups excluding tert-OH is 1. The predicted octanol–water partition coefficient (Wildman–Crippen LogP) is 1.88. The van der Waals surface area contributed by atoms with E-state index in [4.69, 9.17) is 5.11 Å². The molecule has 1 rings (SSSR count). The van der Waals surface area contributed by atoms with Gasteiger partial charge in [0, 0.05) is 24.2 Å². The number of nitro benzene ring substituents is 1. The minimum Gasteiger partial charge on any atom is -0.394 e. The maximum Gasteiger partial charge on any atom is 0.269 e. The van der Waals surface area contributed by atoms with E-state index in [-0.39, 0.29) is 30.2 Å². The van der Waals surface area contributed by atoms with E-state index in [0.717, 1.165) is 5.56 Å². The van der Waals surface area contributed by atoms with Gasteiger partial charge in [0.15, 0.2) is 0 Å². The number of aliphatic hydroxyl groups is 1. The lowest BCUT2D eigenvalue weighted by Gasteiger charge is -2.23. The highest BCUT2D eigenvalue weighted by molar-refractivity contribution is 5.85. The molecule has 1 aromatic rings. The average molecular weight is 261 g/mol. The molecule has 0 bridgehead atoms. The van der Waals surface area contributed by atoms with Crippen LogP contribution >= 0.6 is 12.4 Å². The lowest BCUT2D eigenvalue weighted by molar-refractivity contribution is -0.384. The van der Waals surface area contributed by atoms with E-state index in [1.165, 1.54) is 12.1 Å². The normalized spacial score (nSPS) is 10.8. The van der Waals surface area contributed by atoms with Crippen molar-refractivity contribution in [2.45, 2.75) is 25.9 Å². The maximum atomic E-state index is 10.4. The number of rotatable bonds is 5. The van der Waals surface area contributed by atoms with Crippen LogP contribution in [0.3, 0.4) is 0 Å². The van der Waals surface area contributed by atoms with E-state index in [2.05, 4.69) is 5.32 Å². The molecular formula is C11H17ClN2O3. The van der Waals surface area contributed by atoms with Gasteiger partial charge in [0.25, 0.3) is 5.69 Å². The summed E-state index contributed by atoms with van der Waals surface area (Å²) in [5, 5.41) is 22.6. The zero-order chi connectivity index (χ0) is 12.2. The highest BCUT2D eigenvalue weighted by atomic mass is 35.5. The van der Waals surface area contributed by atoms with Gasteiger partial charge in [-0.2, -0.15) is 0 Å². The van der Waals surface area contributed by atoms with Crippen molar-refractivity contribution in [3.05, 3.63) is 39.9 Å². The van der Waals surface area contributed by atoms with Gasteiger partial charge in [-0.15, -0.1) is 12.4 Å². The van der Waals surface area contributed by atoms with E-state index < -0.39 is 4.92 Å². The molecule has 96 valence electrons. The molecule has 1 aromatic carbocycles. The highest BCUT2D eigenvalue weighted by Gasteiger charge is 2.14. The third kappa shape index (κ3) is 5.12. The lowest BCUT2D eigenvalue weighted by Crippen LogP contribution is -2.42. The van der Waals surface area contributed by atoms with E-state index in [9.17, 15) is 10.1 Å². The van der Waals surface area contributed by atoms with Crippen molar-refractivity contribution < 1.29 is 10.0 Å². The summed E-state index contributed by atoms with van der Waals surface area (Å²) < 4.78 is 0. The minimum atomic E-state index is -0.422. The molecule has 2 N–H and O–H groups in total. The first-order chi connectivity index (χ1) is 7.44. The molecule has 6 heteroatoms. The SMILES string of the molecule is CC(C)(CO)NCc1ccc([N+](=O)[O-])cc1.Cl. The number of hydrogen-bond acceptors (Lipinski definition) is 4. The van der Waals surface area contributed by atoms with Gasteiger partial charge >= 0.3 is 0 Å². The minimum absolute atomic E-state index is 0. The van der Waals surface area contributed by atoms with Crippen molar-refractivity contribution >= 4 is 18.1 Å². The maximum absolute atomic E-state index is 10.4. The number of benzene rings is 1. The van der Waals surface area contributed by atoms with Gasteiger partial charge < -0.3 is 10.4 Å². The molecule has 0 aliphatic heterocycles. The molecule has 0 saturated carbocycles. The van der Waals surface area contributed by atoms with Crippen LogP contribution in [0.25, 0.3) is 0 Å². The van der Waals surface area contributed by atoms with Crippen molar-refractivity contribution in [1.29, 1.82) is 0 Å². The third-order valence-corrected chi connectivity index (χ3v) is 2.31. The number of nitro groups is 1. The van der Waals surface area contributed by atoms with Gasteiger partial charge in [-0.05, 0) is 19.4 Å². The van der Waals surface area contributed by atoms with E-state index in [1.54, 1.807) is 12.1 Å². The molecule has 0 amide bonds. The van der Waals surface area contributed by atoms with Crippen LogP contribution in [-0.2, 0) is 6.54 Å². The molecule has 0 fully saturated rings. The van der Waals surface area contributed by atoms with Crippen molar-refractivity contribution in [1.82, 2.24) is 5.32 Å². The first-order valence-corrected chi connectivity index (χ1v) is 5.04. The summed E-state index contributed by atoms with van der Waals surface area (Å²) >= 11 is 0. The number of nitrogens with one attached hydrogen (secondary N) is 1. The Morgan fingerprint density at radius 3 is 2.29 bits per heavy atom. The number of hydrogen-bond donors (Lipinski definition) is 2. The van der Waals surface area contributed by atoms with Crippen molar-refractivity contribution in [3.63, 3.8) is 0 Å². The summed E-state index contributed by atoms with van der Waals surface area (Å²) in [5.74, 6) is 0. The Morgan fingerprint density at radius 2 is 1.88 bits per heavy atom. The fourth-order valence-corrected chi connectivity index (χ4v) is 1.13. The summed E-state index contributed by atoms with van der Waals surface area (Å²) in [6, 6.07) is 6.36. The van der Waals surface area contributed by atoms with Gasteiger partial charge in [-0.3, -0.25) is 10.1 Å². The molecular weight excluding hydrogens is 244 g/mol. The number of halogens is 1. The fourth-order valence-electron chi connectivity index (χ4n) is 1.13. The average Bonchev–Trinajstić information content (AvgIpc) is 2.27. The van der Waals surface area contributed by atoms with Crippen LogP contribution in [0, 0.1) is 10.1 Å². The molecule has 0 saturated heterocycles. The second-order valence-corrected chi connectivity index (χ2v) is 4.32. The molecule has 0 unspecified atom stereocenters. The van der Waals surface area contributed by atoms with Crippen molar-refractivity contribution in [2.24, 2.45) is 0 Å². The zero-order valence-electron chi connectivity index (χ0n) is 9.84. The second-order valence-electron chi connectivity index (χ2n) is 4.32. The van der Waals surface area contributed by atoms with Gasteiger partial charge in [-0.1, -0.05) is 12.1 Å². The largest absolute Gasteiger partial charge is 0.394 e. The van der Waals surface area contributed by atoms with Crippen LogP contribution in [-0.4, -0.2) is 22.2 Å². The molecule has 0 aliphatic carbocycles. The summed E-state index contributed by atoms with van der Waals surface area (Å²) in [6.45, 7) is 4.39. The molecule has 0 aliphatic rings. The van der Waals surface area contributed by atoms with E-state index in [1.807, 2.05) is 13.8 Å². The van der Waals surface area contributed by atoms with Crippen LogP contribution < -0.4 is 5.32 Å². The predicted molar refractivity (Wildman–Crippen MR) is 68.3 cm³/mol. The third-order valence-electron chi connectivity index (χ3n) is 2.31. The van der Waals surface area contributed by atoms with Crippen LogP contribution in [0.1, 0.15) is 19.4 Å². The smallest absolute Gasteiger partial charge is 0.269 e. The topological polar surface area (TPSA) is 75.4 Å². The Labute approximate surface area is 106 Å². The van der Waals surface area contributed by atoms with Gasteiger partial charge in [0.05, 0.1) is 11.5 Å². The molecule has 0 radical (unpaired) electrons. The van der Waals surface area contributed by atoms with Crippen molar-refractivity contribution in [2.75, 3.05) is 6.61 Å². The van der Waals surface area contributed by atoms with Gasteiger partial charge in [0.2, 0.25) is 0 Å². The van der Waals surface area contributed by atoms with Crippen LogP contribution in [0.15, 0.2) is 24.3 Å². The Bertz CT molecular complexity index is 365. The Morgan fingerprint density at radius 1 is 1.35 bits per heavy atom. The Hall–Kier alpha value is -1.17. The Balaban J connectivity index is 0.00000256. The molecule has 0 heterocycles. The van der Waals surface area contributed by atoms with Crippen LogP contribution in [0.5, 0.6) is 0 Å². The number of nitrogens with zero attached hydrogens (tertiary/aromatic N) is 1. The van der Waals surface area contributed by atoms with Gasteiger partial charge in [0.1, 0.15) is 0 Å². The first kappa shape index (κ1) is 15.8. The summed E-state index contributed by atoms with van der Waals surface area (Å²) in [5.41, 5.74) is 0.694. The van der Waals surface area contributed by atoms with E-state index >= 15 is 0 Å². The second kappa shape index (κ2) is 6.54. The Kier molecular flexibility index (Phi) is 6.09. The fraction of sp³-hybridized carbons (Fsp3) is 0.455.